The summed E-state index contributed by atoms with van der Waals surface area (Å²) in [6.07, 6.45) is -0.0973. The summed E-state index contributed by atoms with van der Waals surface area (Å²) in [6, 6.07) is 9.00. The molecule has 0 aliphatic carbocycles. The fraction of sp³-hybridized carbons (Fsp3) is 0.214. The zero-order valence-electron chi connectivity index (χ0n) is 11.3. The van der Waals surface area contributed by atoms with Gasteiger partial charge < -0.3 is 9.84 Å². The van der Waals surface area contributed by atoms with Crippen molar-refractivity contribution in [3.05, 3.63) is 40.9 Å². The molecule has 1 heterocycles. The van der Waals surface area contributed by atoms with Gasteiger partial charge >= 0.3 is 5.97 Å². The summed E-state index contributed by atoms with van der Waals surface area (Å²) in [7, 11) is 0. The van der Waals surface area contributed by atoms with Crippen molar-refractivity contribution in [2.45, 2.75) is 13.3 Å². The third-order valence-electron chi connectivity index (χ3n) is 2.56. The summed E-state index contributed by atoms with van der Waals surface area (Å²) in [6.45, 7) is 1.59. The molecule has 0 saturated carbocycles. The van der Waals surface area contributed by atoms with Gasteiger partial charge in [-0.25, -0.2) is 4.98 Å². The second-order valence-electron chi connectivity index (χ2n) is 4.25. The number of nitrogens with zero attached hydrogens (tertiary/aromatic N) is 1. The number of aryl methyl sites for hydroxylation is 1. The number of rotatable bonds is 6. The van der Waals surface area contributed by atoms with Crippen molar-refractivity contribution in [3.63, 3.8) is 0 Å². The highest BCUT2D eigenvalue weighted by Gasteiger charge is 2.13. The van der Waals surface area contributed by atoms with E-state index in [1.165, 1.54) is 0 Å². The van der Waals surface area contributed by atoms with Gasteiger partial charge in [0.15, 0.2) is 11.7 Å². The lowest BCUT2D eigenvalue weighted by atomic mass is 10.3. The Kier molecular flexibility index (Phi) is 4.89. The van der Waals surface area contributed by atoms with Gasteiger partial charge in [-0.15, -0.1) is 11.3 Å². The van der Waals surface area contributed by atoms with Crippen molar-refractivity contribution < 1.29 is 19.4 Å². The number of aromatic nitrogens is 1. The number of aliphatic carboxylic acids is 1. The van der Waals surface area contributed by atoms with Crippen molar-refractivity contribution in [1.82, 2.24) is 4.98 Å². The van der Waals surface area contributed by atoms with Crippen LogP contribution in [-0.4, -0.2) is 28.6 Å². The topological polar surface area (TPSA) is 88.5 Å². The number of hydrogen-bond acceptors (Lipinski definition) is 5. The molecule has 0 bridgehead atoms. The van der Waals surface area contributed by atoms with E-state index >= 15 is 0 Å². The van der Waals surface area contributed by atoms with Crippen LogP contribution in [0.5, 0.6) is 5.75 Å². The molecule has 110 valence electrons. The molecule has 0 radical (unpaired) electrons. The number of benzene rings is 1. The normalized spacial score (nSPS) is 10.1. The number of carbonyl (C=O) groups excluding carboxylic acids is 1. The van der Waals surface area contributed by atoms with Gasteiger partial charge in [-0.1, -0.05) is 18.2 Å². The largest absolute Gasteiger partial charge is 0.484 e. The van der Waals surface area contributed by atoms with Gasteiger partial charge in [-0.05, 0) is 19.1 Å². The Labute approximate surface area is 125 Å². The molecule has 1 aromatic carbocycles. The number of nitrogens with one attached hydrogen (secondary N) is 1. The van der Waals surface area contributed by atoms with Gasteiger partial charge in [0, 0.05) is 4.88 Å². The van der Waals surface area contributed by atoms with Crippen LogP contribution >= 0.6 is 11.3 Å². The summed E-state index contributed by atoms with van der Waals surface area (Å²) >= 11 is 1.16. The van der Waals surface area contributed by atoms with Crippen molar-refractivity contribution in [1.29, 1.82) is 0 Å². The average molecular weight is 306 g/mol. The molecule has 0 fully saturated rings. The van der Waals surface area contributed by atoms with Crippen molar-refractivity contribution in [2.75, 3.05) is 11.9 Å². The second-order valence-corrected chi connectivity index (χ2v) is 5.33. The van der Waals surface area contributed by atoms with Crippen LogP contribution in [0, 0.1) is 6.92 Å². The minimum atomic E-state index is -0.924. The first-order valence-corrected chi connectivity index (χ1v) is 7.02. The van der Waals surface area contributed by atoms with E-state index in [0.717, 1.165) is 11.3 Å². The standard InChI is InChI=1S/C14H14N2O4S/c1-9-11(7-13(18)19)21-14(15-9)16-12(17)8-20-10-5-3-2-4-6-10/h2-6H,7-8H2,1H3,(H,18,19)(H,15,16,17). The SMILES string of the molecule is Cc1nc(NC(=O)COc2ccccc2)sc1CC(=O)O. The lowest BCUT2D eigenvalue weighted by molar-refractivity contribution is -0.136. The first-order valence-electron chi connectivity index (χ1n) is 6.20. The number of amides is 1. The molecule has 0 aliphatic rings. The van der Waals surface area contributed by atoms with Crippen molar-refractivity contribution in [2.24, 2.45) is 0 Å². The molecule has 0 aliphatic heterocycles. The number of hydrogen-bond donors (Lipinski definition) is 2. The molecule has 2 N–H and O–H groups in total. The smallest absolute Gasteiger partial charge is 0.308 e. The molecule has 0 unspecified atom stereocenters. The molecule has 0 atom stereocenters. The highest BCUT2D eigenvalue weighted by Crippen LogP contribution is 2.23. The number of thiazole rings is 1. The number of carboxylic acid groups (broad SMARTS) is 1. The molecule has 2 aromatic rings. The molecular formula is C14H14N2O4S. The van der Waals surface area contributed by atoms with Crippen molar-refractivity contribution >= 4 is 28.3 Å². The summed E-state index contributed by atoms with van der Waals surface area (Å²) in [5.74, 6) is -0.656. The Hall–Kier alpha value is -2.41. The highest BCUT2D eigenvalue weighted by molar-refractivity contribution is 7.16. The van der Waals surface area contributed by atoms with Gasteiger partial charge in [0.2, 0.25) is 0 Å². The van der Waals surface area contributed by atoms with Crippen LogP contribution in [-0.2, 0) is 16.0 Å². The van der Waals surface area contributed by atoms with E-state index in [2.05, 4.69) is 10.3 Å². The fourth-order valence-electron chi connectivity index (χ4n) is 1.60. The minimum Gasteiger partial charge on any atom is -0.484 e. The number of anilines is 1. The zero-order valence-corrected chi connectivity index (χ0v) is 12.1. The maximum Gasteiger partial charge on any atom is 0.308 e. The lowest BCUT2D eigenvalue weighted by Crippen LogP contribution is -2.20. The molecule has 2 rings (SSSR count). The first-order chi connectivity index (χ1) is 10.0. The monoisotopic (exact) mass is 306 g/mol. The summed E-state index contributed by atoms with van der Waals surface area (Å²) in [5, 5.41) is 11.7. The van der Waals surface area contributed by atoms with Gasteiger partial charge in [-0.2, -0.15) is 0 Å². The summed E-state index contributed by atoms with van der Waals surface area (Å²) in [4.78, 5) is 27.2. The number of carboxylic acids is 1. The molecule has 21 heavy (non-hydrogen) atoms. The third-order valence-corrected chi connectivity index (χ3v) is 3.64. The second kappa shape index (κ2) is 6.85. The summed E-state index contributed by atoms with van der Waals surface area (Å²) in [5.41, 5.74) is 0.613. The van der Waals surface area contributed by atoms with Crippen LogP contribution in [0.4, 0.5) is 5.13 Å². The Bertz CT molecular complexity index is 640. The highest BCUT2D eigenvalue weighted by atomic mass is 32.1. The van der Waals surface area contributed by atoms with E-state index < -0.39 is 5.97 Å². The lowest BCUT2D eigenvalue weighted by Gasteiger charge is -2.05. The molecule has 0 saturated heterocycles. The van der Waals surface area contributed by atoms with E-state index in [9.17, 15) is 9.59 Å². The predicted molar refractivity (Wildman–Crippen MR) is 78.8 cm³/mol. The number of para-hydroxylation sites is 1. The number of carbonyl (C=O) groups is 2. The van der Waals surface area contributed by atoms with Crippen LogP contribution in [0.2, 0.25) is 0 Å². The predicted octanol–water partition coefficient (Wildman–Crippen LogP) is 2.10. The quantitative estimate of drug-likeness (QED) is 0.853. The van der Waals surface area contributed by atoms with Crippen LogP contribution in [0.3, 0.4) is 0 Å². The van der Waals surface area contributed by atoms with Gasteiger partial charge in [-0.3, -0.25) is 14.9 Å². The Morgan fingerprint density at radius 3 is 2.71 bits per heavy atom. The minimum absolute atomic E-state index is 0.0973. The Morgan fingerprint density at radius 2 is 2.05 bits per heavy atom. The fourth-order valence-corrected chi connectivity index (χ4v) is 2.57. The summed E-state index contributed by atoms with van der Waals surface area (Å²) < 4.78 is 5.31. The van der Waals surface area contributed by atoms with E-state index in [1.807, 2.05) is 18.2 Å². The maximum atomic E-state index is 11.7. The molecule has 1 amide bonds. The van der Waals surface area contributed by atoms with Gasteiger partial charge in [0.05, 0.1) is 12.1 Å². The molecule has 7 heteroatoms. The van der Waals surface area contributed by atoms with Crippen LogP contribution < -0.4 is 10.1 Å². The van der Waals surface area contributed by atoms with E-state index in [4.69, 9.17) is 9.84 Å². The van der Waals surface area contributed by atoms with E-state index in [0.29, 0.717) is 21.5 Å². The Morgan fingerprint density at radius 1 is 1.33 bits per heavy atom. The molecular weight excluding hydrogens is 292 g/mol. The van der Waals surface area contributed by atoms with Crippen LogP contribution in [0.25, 0.3) is 0 Å². The first kappa shape index (κ1) is 15.0. The van der Waals surface area contributed by atoms with Gasteiger partial charge in [0.1, 0.15) is 5.75 Å². The van der Waals surface area contributed by atoms with E-state index in [1.54, 1.807) is 19.1 Å². The maximum absolute atomic E-state index is 11.7. The van der Waals surface area contributed by atoms with Crippen LogP contribution in [0.15, 0.2) is 30.3 Å². The zero-order chi connectivity index (χ0) is 15.2. The van der Waals surface area contributed by atoms with Crippen molar-refractivity contribution in [3.8, 4) is 5.75 Å². The Balaban J connectivity index is 1.89. The van der Waals surface area contributed by atoms with Gasteiger partial charge in [0.25, 0.3) is 5.91 Å². The molecule has 6 nitrogen and oxygen atoms in total. The third kappa shape index (κ3) is 4.57. The molecule has 0 spiro atoms. The van der Waals surface area contributed by atoms with E-state index in [-0.39, 0.29) is 18.9 Å². The molecule has 1 aromatic heterocycles. The van der Waals surface area contributed by atoms with Crippen LogP contribution in [0.1, 0.15) is 10.6 Å². The number of ether oxygens (including phenoxy) is 1. The average Bonchev–Trinajstić information content (AvgIpc) is 2.77.